The average molecular weight is 396 g/mol. The number of rotatable bonds is 5. The van der Waals surface area contributed by atoms with Crippen molar-refractivity contribution in [3.63, 3.8) is 0 Å². The maximum absolute atomic E-state index is 12.5. The van der Waals surface area contributed by atoms with Crippen LogP contribution in [0.1, 0.15) is 52.9 Å². The molecular formula is C22H28N4O3. The molecule has 2 aliphatic rings. The zero-order valence-electron chi connectivity index (χ0n) is 16.9. The van der Waals surface area contributed by atoms with Crippen molar-refractivity contribution in [1.82, 2.24) is 20.4 Å². The molecule has 0 unspecified atom stereocenters. The van der Waals surface area contributed by atoms with Crippen molar-refractivity contribution < 1.29 is 14.3 Å². The molecule has 2 N–H and O–H groups in total. The summed E-state index contributed by atoms with van der Waals surface area (Å²) in [5.41, 5.74) is 3.77. The maximum Gasteiger partial charge on any atom is 0.257 e. The fourth-order valence-electron chi connectivity index (χ4n) is 4.14. The summed E-state index contributed by atoms with van der Waals surface area (Å²) in [6, 6.07) is 6.16. The minimum atomic E-state index is 0.0236. The molecule has 2 aromatic rings. The number of fused-ring (bicyclic) bond motifs is 1. The lowest BCUT2D eigenvalue weighted by Gasteiger charge is -2.31. The Kier molecular flexibility index (Phi) is 5.83. The van der Waals surface area contributed by atoms with Crippen molar-refractivity contribution in [2.24, 2.45) is 5.92 Å². The number of carbonyl (C=O) groups is 2. The van der Waals surface area contributed by atoms with E-state index in [-0.39, 0.29) is 11.8 Å². The third kappa shape index (κ3) is 4.60. The van der Waals surface area contributed by atoms with Crippen LogP contribution in [0.2, 0.25) is 0 Å². The number of H-pyrrole nitrogens is 1. The topological polar surface area (TPSA) is 87.3 Å². The molecule has 0 bridgehead atoms. The van der Waals surface area contributed by atoms with E-state index in [1.165, 1.54) is 5.56 Å². The molecule has 7 heteroatoms. The number of hydrogen-bond acceptors (Lipinski definition) is 4. The van der Waals surface area contributed by atoms with Crippen LogP contribution in [0.5, 0.6) is 5.75 Å². The van der Waals surface area contributed by atoms with Gasteiger partial charge in [0.15, 0.2) is 0 Å². The average Bonchev–Trinajstić information content (AvgIpc) is 3.18. The van der Waals surface area contributed by atoms with Crippen LogP contribution >= 0.6 is 0 Å². The number of carbonyl (C=O) groups excluding carboxylic acids is 2. The standard InChI is InChI=1S/C22H28N4O3/c1-15-19(14-24-25-15)22(28)26-8-6-16(7-9-26)12-21(27)23-13-17-4-5-20-18(11-17)3-2-10-29-20/h4-5,11,14,16H,2-3,6-10,12-13H2,1H3,(H,23,27)(H,24,25). The van der Waals surface area contributed by atoms with Gasteiger partial charge in [-0.05, 0) is 55.7 Å². The van der Waals surface area contributed by atoms with Crippen molar-refractivity contribution in [1.29, 1.82) is 0 Å². The van der Waals surface area contributed by atoms with Gasteiger partial charge in [-0.15, -0.1) is 0 Å². The van der Waals surface area contributed by atoms with Gasteiger partial charge in [0.2, 0.25) is 5.91 Å². The third-order valence-corrected chi connectivity index (χ3v) is 5.90. The van der Waals surface area contributed by atoms with Gasteiger partial charge in [-0.25, -0.2) is 0 Å². The highest BCUT2D eigenvalue weighted by Crippen LogP contribution is 2.26. The first-order valence-electron chi connectivity index (χ1n) is 10.4. The lowest BCUT2D eigenvalue weighted by atomic mass is 9.93. The number of piperidine rings is 1. The van der Waals surface area contributed by atoms with Crippen LogP contribution in [0.3, 0.4) is 0 Å². The Balaban J connectivity index is 1.22. The van der Waals surface area contributed by atoms with Gasteiger partial charge in [-0.1, -0.05) is 12.1 Å². The molecule has 2 aliphatic heterocycles. The molecule has 0 aliphatic carbocycles. The molecule has 1 fully saturated rings. The molecule has 29 heavy (non-hydrogen) atoms. The minimum absolute atomic E-state index is 0.0236. The number of benzene rings is 1. The second-order valence-corrected chi connectivity index (χ2v) is 8.02. The third-order valence-electron chi connectivity index (χ3n) is 5.90. The SMILES string of the molecule is Cc1[nH]ncc1C(=O)N1CCC(CC(=O)NCc2ccc3c(c2)CCCO3)CC1. The fraction of sp³-hybridized carbons (Fsp3) is 0.500. The van der Waals surface area contributed by atoms with Crippen LogP contribution in [-0.4, -0.2) is 46.6 Å². The molecule has 7 nitrogen and oxygen atoms in total. The summed E-state index contributed by atoms with van der Waals surface area (Å²) < 4.78 is 5.64. The lowest BCUT2D eigenvalue weighted by Crippen LogP contribution is -2.39. The number of aromatic nitrogens is 2. The first kappa shape index (κ1) is 19.5. The van der Waals surface area contributed by atoms with E-state index >= 15 is 0 Å². The Labute approximate surface area is 170 Å². The Morgan fingerprint density at radius 1 is 1.31 bits per heavy atom. The van der Waals surface area contributed by atoms with Crippen molar-refractivity contribution in [3.05, 3.63) is 46.8 Å². The van der Waals surface area contributed by atoms with Gasteiger partial charge in [0.1, 0.15) is 5.75 Å². The molecule has 1 saturated heterocycles. The zero-order valence-corrected chi connectivity index (χ0v) is 16.9. The van der Waals surface area contributed by atoms with Crippen LogP contribution in [0, 0.1) is 12.8 Å². The van der Waals surface area contributed by atoms with Gasteiger partial charge in [0.05, 0.1) is 18.4 Å². The Bertz CT molecular complexity index is 884. The van der Waals surface area contributed by atoms with Crippen molar-refractivity contribution in [3.8, 4) is 5.75 Å². The highest BCUT2D eigenvalue weighted by molar-refractivity contribution is 5.95. The first-order valence-corrected chi connectivity index (χ1v) is 10.4. The van der Waals surface area contributed by atoms with Gasteiger partial charge >= 0.3 is 0 Å². The van der Waals surface area contributed by atoms with Crippen LogP contribution in [0.4, 0.5) is 0 Å². The number of ether oxygens (including phenoxy) is 1. The smallest absolute Gasteiger partial charge is 0.257 e. The highest BCUT2D eigenvalue weighted by Gasteiger charge is 2.26. The molecule has 0 atom stereocenters. The lowest BCUT2D eigenvalue weighted by molar-refractivity contribution is -0.122. The summed E-state index contributed by atoms with van der Waals surface area (Å²) in [6.45, 7) is 4.56. The molecule has 4 rings (SSSR count). The molecule has 3 heterocycles. The van der Waals surface area contributed by atoms with Gasteiger partial charge in [-0.2, -0.15) is 5.10 Å². The Morgan fingerprint density at radius 3 is 2.90 bits per heavy atom. The predicted molar refractivity (Wildman–Crippen MR) is 109 cm³/mol. The number of amides is 2. The number of likely N-dealkylation sites (tertiary alicyclic amines) is 1. The van der Waals surface area contributed by atoms with E-state index in [1.54, 1.807) is 6.20 Å². The van der Waals surface area contributed by atoms with Crippen LogP contribution in [0.15, 0.2) is 24.4 Å². The number of nitrogens with zero attached hydrogens (tertiary/aromatic N) is 2. The number of aromatic amines is 1. The fourth-order valence-corrected chi connectivity index (χ4v) is 4.14. The summed E-state index contributed by atoms with van der Waals surface area (Å²) in [7, 11) is 0. The van der Waals surface area contributed by atoms with Crippen molar-refractivity contribution in [2.75, 3.05) is 19.7 Å². The molecule has 0 spiro atoms. The van der Waals surface area contributed by atoms with Crippen molar-refractivity contribution in [2.45, 2.75) is 45.6 Å². The van der Waals surface area contributed by atoms with Crippen LogP contribution in [-0.2, 0) is 17.8 Å². The monoisotopic (exact) mass is 396 g/mol. The molecular weight excluding hydrogens is 368 g/mol. The van der Waals surface area contributed by atoms with E-state index in [0.29, 0.717) is 37.5 Å². The number of hydrogen-bond donors (Lipinski definition) is 2. The minimum Gasteiger partial charge on any atom is -0.493 e. The van der Waals surface area contributed by atoms with Crippen molar-refractivity contribution >= 4 is 11.8 Å². The Hall–Kier alpha value is -2.83. The van der Waals surface area contributed by atoms with Crippen LogP contribution < -0.4 is 10.1 Å². The molecule has 1 aromatic heterocycles. The normalized spacial score (nSPS) is 16.8. The van der Waals surface area contributed by atoms with Gasteiger partial charge in [0.25, 0.3) is 5.91 Å². The largest absolute Gasteiger partial charge is 0.493 e. The van der Waals surface area contributed by atoms with E-state index in [9.17, 15) is 9.59 Å². The number of nitrogens with one attached hydrogen (secondary N) is 2. The van der Waals surface area contributed by atoms with E-state index in [4.69, 9.17) is 4.74 Å². The Morgan fingerprint density at radius 2 is 2.14 bits per heavy atom. The second-order valence-electron chi connectivity index (χ2n) is 8.02. The second kappa shape index (κ2) is 8.68. The quantitative estimate of drug-likeness (QED) is 0.813. The first-order chi connectivity index (χ1) is 14.1. The zero-order chi connectivity index (χ0) is 20.2. The molecule has 0 saturated carbocycles. The van der Waals surface area contributed by atoms with Crippen LogP contribution in [0.25, 0.3) is 0 Å². The molecule has 2 amide bonds. The molecule has 1 aromatic carbocycles. The highest BCUT2D eigenvalue weighted by atomic mass is 16.5. The molecule has 154 valence electrons. The van der Waals surface area contributed by atoms with E-state index in [0.717, 1.165) is 49.3 Å². The van der Waals surface area contributed by atoms with Gasteiger partial charge in [0, 0.05) is 31.7 Å². The summed E-state index contributed by atoms with van der Waals surface area (Å²) in [6.07, 6.45) is 5.89. The summed E-state index contributed by atoms with van der Waals surface area (Å²) in [5, 5.41) is 9.78. The summed E-state index contributed by atoms with van der Waals surface area (Å²) in [5.74, 6) is 1.39. The van der Waals surface area contributed by atoms with Gasteiger partial charge in [-0.3, -0.25) is 14.7 Å². The summed E-state index contributed by atoms with van der Waals surface area (Å²) >= 11 is 0. The van der Waals surface area contributed by atoms with E-state index in [1.807, 2.05) is 24.0 Å². The predicted octanol–water partition coefficient (Wildman–Crippen LogP) is 2.60. The van der Waals surface area contributed by atoms with E-state index in [2.05, 4.69) is 21.6 Å². The summed E-state index contributed by atoms with van der Waals surface area (Å²) in [4.78, 5) is 26.8. The van der Waals surface area contributed by atoms with E-state index < -0.39 is 0 Å². The molecule has 0 radical (unpaired) electrons. The van der Waals surface area contributed by atoms with Gasteiger partial charge < -0.3 is 15.0 Å². The number of aryl methyl sites for hydroxylation is 2. The maximum atomic E-state index is 12.5.